The van der Waals surface area contributed by atoms with Crippen molar-refractivity contribution >= 4 is 17.7 Å². The zero-order valence-corrected chi connectivity index (χ0v) is 9.48. The third-order valence-corrected chi connectivity index (χ3v) is 2.35. The van der Waals surface area contributed by atoms with E-state index in [9.17, 15) is 14.0 Å². The van der Waals surface area contributed by atoms with Gasteiger partial charge in [0.25, 0.3) is 0 Å². The summed E-state index contributed by atoms with van der Waals surface area (Å²) in [6.07, 6.45) is 0. The fraction of sp³-hybridized carbons (Fsp3) is 0.273. The van der Waals surface area contributed by atoms with Gasteiger partial charge in [-0.2, -0.15) is 0 Å². The summed E-state index contributed by atoms with van der Waals surface area (Å²) >= 11 is 0. The Morgan fingerprint density at radius 3 is 2.35 bits per heavy atom. The number of likely N-dealkylation sites (N-methyl/N-ethyl adjacent to an activating group) is 1. The summed E-state index contributed by atoms with van der Waals surface area (Å²) in [5.74, 6) is -1.50. The Bertz CT molecular complexity index is 419. The highest BCUT2D eigenvalue weighted by Crippen LogP contribution is 2.09. The lowest BCUT2D eigenvalue weighted by atomic mass is 10.3. The summed E-state index contributed by atoms with van der Waals surface area (Å²) in [5, 5.41) is 11.2. The average Bonchev–Trinajstić information content (AvgIpc) is 2.30. The maximum absolute atomic E-state index is 12.6. The fourth-order valence-electron chi connectivity index (χ4n) is 1.09. The number of halogens is 1. The average molecular weight is 240 g/mol. The lowest BCUT2D eigenvalue weighted by Gasteiger charge is -2.21. The number of carboxylic acid groups (broad SMARTS) is 1. The molecule has 2 N–H and O–H groups in total. The molecule has 0 aromatic heterocycles. The lowest BCUT2D eigenvalue weighted by molar-refractivity contribution is -0.141. The molecule has 92 valence electrons. The van der Waals surface area contributed by atoms with E-state index in [1.165, 1.54) is 38.2 Å². The largest absolute Gasteiger partial charge is 0.480 e. The number of anilines is 1. The van der Waals surface area contributed by atoms with Crippen LogP contribution in [0.25, 0.3) is 0 Å². The molecule has 0 aliphatic rings. The van der Waals surface area contributed by atoms with Gasteiger partial charge in [0.05, 0.1) is 0 Å². The molecule has 1 aromatic rings. The van der Waals surface area contributed by atoms with Crippen molar-refractivity contribution in [2.75, 3.05) is 12.4 Å². The maximum Gasteiger partial charge on any atom is 0.326 e. The van der Waals surface area contributed by atoms with E-state index in [4.69, 9.17) is 5.11 Å². The van der Waals surface area contributed by atoms with Crippen molar-refractivity contribution in [1.82, 2.24) is 4.90 Å². The topological polar surface area (TPSA) is 69.6 Å². The van der Waals surface area contributed by atoms with E-state index in [1.54, 1.807) is 0 Å². The standard InChI is InChI=1S/C11H13FN2O3/c1-7(10(15)16)14(2)11(17)13-9-5-3-8(12)4-6-9/h3-7H,1-2H3,(H,13,17)(H,15,16). The molecule has 1 unspecified atom stereocenters. The predicted molar refractivity (Wildman–Crippen MR) is 60.3 cm³/mol. The van der Waals surface area contributed by atoms with Gasteiger partial charge in [0.1, 0.15) is 11.9 Å². The summed E-state index contributed by atoms with van der Waals surface area (Å²) < 4.78 is 12.6. The Morgan fingerprint density at radius 2 is 1.88 bits per heavy atom. The monoisotopic (exact) mass is 240 g/mol. The van der Waals surface area contributed by atoms with E-state index < -0.39 is 23.9 Å². The van der Waals surface area contributed by atoms with Gasteiger partial charge in [-0.3, -0.25) is 0 Å². The van der Waals surface area contributed by atoms with Crippen LogP contribution >= 0.6 is 0 Å². The second-order valence-electron chi connectivity index (χ2n) is 3.56. The normalized spacial score (nSPS) is 11.7. The van der Waals surface area contributed by atoms with Crippen molar-refractivity contribution in [3.63, 3.8) is 0 Å². The number of carboxylic acids is 1. The van der Waals surface area contributed by atoms with Crippen LogP contribution in [0.2, 0.25) is 0 Å². The van der Waals surface area contributed by atoms with Crippen LogP contribution < -0.4 is 5.32 Å². The van der Waals surface area contributed by atoms with Gasteiger partial charge in [-0.25, -0.2) is 14.0 Å². The third-order valence-electron chi connectivity index (χ3n) is 2.35. The van der Waals surface area contributed by atoms with Crippen LogP contribution in [-0.2, 0) is 4.79 Å². The van der Waals surface area contributed by atoms with Crippen LogP contribution in [0.4, 0.5) is 14.9 Å². The highest BCUT2D eigenvalue weighted by molar-refractivity contribution is 5.91. The zero-order valence-electron chi connectivity index (χ0n) is 9.48. The molecule has 1 atom stereocenters. The summed E-state index contributed by atoms with van der Waals surface area (Å²) in [6, 6.07) is 3.70. The molecule has 0 bridgehead atoms. The Labute approximate surface area is 97.8 Å². The Hall–Kier alpha value is -2.11. The van der Waals surface area contributed by atoms with Crippen molar-refractivity contribution in [3.05, 3.63) is 30.1 Å². The molecule has 0 fully saturated rings. The number of rotatable bonds is 3. The molecule has 0 aliphatic carbocycles. The van der Waals surface area contributed by atoms with Crippen LogP contribution in [0.5, 0.6) is 0 Å². The van der Waals surface area contributed by atoms with Gasteiger partial charge in [-0.15, -0.1) is 0 Å². The second-order valence-corrected chi connectivity index (χ2v) is 3.56. The van der Waals surface area contributed by atoms with Crippen molar-refractivity contribution in [2.45, 2.75) is 13.0 Å². The highest BCUT2D eigenvalue weighted by Gasteiger charge is 2.21. The first-order chi connectivity index (χ1) is 7.91. The van der Waals surface area contributed by atoms with Crippen LogP contribution in [0, 0.1) is 5.82 Å². The van der Waals surface area contributed by atoms with E-state index >= 15 is 0 Å². The number of urea groups is 1. The molecule has 1 aromatic carbocycles. The molecule has 6 heteroatoms. The third kappa shape index (κ3) is 3.44. The van der Waals surface area contributed by atoms with Crippen molar-refractivity contribution in [3.8, 4) is 0 Å². The number of nitrogens with zero attached hydrogens (tertiary/aromatic N) is 1. The SMILES string of the molecule is CC(C(=O)O)N(C)C(=O)Nc1ccc(F)cc1. The molecule has 0 spiro atoms. The van der Waals surface area contributed by atoms with Crippen LogP contribution in [0.1, 0.15) is 6.92 Å². The van der Waals surface area contributed by atoms with E-state index in [-0.39, 0.29) is 0 Å². The molecular weight excluding hydrogens is 227 g/mol. The van der Waals surface area contributed by atoms with Crippen molar-refractivity contribution in [2.24, 2.45) is 0 Å². The molecule has 5 nitrogen and oxygen atoms in total. The van der Waals surface area contributed by atoms with Crippen LogP contribution in [0.15, 0.2) is 24.3 Å². The number of hydrogen-bond donors (Lipinski definition) is 2. The Morgan fingerprint density at radius 1 is 1.35 bits per heavy atom. The molecule has 17 heavy (non-hydrogen) atoms. The molecule has 0 radical (unpaired) electrons. The highest BCUT2D eigenvalue weighted by atomic mass is 19.1. The van der Waals surface area contributed by atoms with Gasteiger partial charge in [-0.05, 0) is 31.2 Å². The lowest BCUT2D eigenvalue weighted by Crippen LogP contribution is -2.42. The summed E-state index contributed by atoms with van der Waals surface area (Å²) in [4.78, 5) is 23.3. The van der Waals surface area contributed by atoms with Gasteiger partial charge in [0.2, 0.25) is 0 Å². The number of aliphatic carboxylic acids is 1. The second kappa shape index (κ2) is 5.29. The molecular formula is C11H13FN2O3. The Balaban J connectivity index is 2.66. The number of carbonyl (C=O) groups is 2. The molecule has 0 saturated carbocycles. The minimum atomic E-state index is -1.10. The molecule has 2 amide bonds. The molecule has 0 aliphatic heterocycles. The minimum absolute atomic E-state index is 0.404. The van der Waals surface area contributed by atoms with Crippen molar-refractivity contribution in [1.29, 1.82) is 0 Å². The number of carbonyl (C=O) groups excluding carboxylic acids is 1. The van der Waals surface area contributed by atoms with Gasteiger partial charge in [0, 0.05) is 12.7 Å². The number of amides is 2. The Kier molecular flexibility index (Phi) is 4.03. The molecule has 1 rings (SSSR count). The summed E-state index contributed by atoms with van der Waals surface area (Å²) in [7, 11) is 1.37. The van der Waals surface area contributed by atoms with E-state index in [0.717, 1.165) is 4.90 Å². The molecule has 0 heterocycles. The first-order valence-electron chi connectivity index (χ1n) is 4.94. The van der Waals surface area contributed by atoms with Crippen molar-refractivity contribution < 1.29 is 19.1 Å². The smallest absolute Gasteiger partial charge is 0.326 e. The predicted octanol–water partition coefficient (Wildman–Crippen LogP) is 1.76. The first-order valence-corrected chi connectivity index (χ1v) is 4.94. The van der Waals surface area contributed by atoms with E-state index in [0.29, 0.717) is 5.69 Å². The van der Waals surface area contributed by atoms with Gasteiger partial charge in [0.15, 0.2) is 0 Å². The van der Waals surface area contributed by atoms with Gasteiger partial charge < -0.3 is 15.3 Å². The van der Waals surface area contributed by atoms with Crippen LogP contribution in [0.3, 0.4) is 0 Å². The fourth-order valence-corrected chi connectivity index (χ4v) is 1.09. The number of hydrogen-bond acceptors (Lipinski definition) is 2. The van der Waals surface area contributed by atoms with Gasteiger partial charge >= 0.3 is 12.0 Å². The maximum atomic E-state index is 12.6. The summed E-state index contributed by atoms with van der Waals surface area (Å²) in [6.45, 7) is 1.40. The minimum Gasteiger partial charge on any atom is -0.480 e. The first kappa shape index (κ1) is 13.0. The van der Waals surface area contributed by atoms with E-state index in [1.807, 2.05) is 0 Å². The van der Waals surface area contributed by atoms with E-state index in [2.05, 4.69) is 5.32 Å². The van der Waals surface area contributed by atoms with Crippen LogP contribution in [-0.4, -0.2) is 35.1 Å². The zero-order chi connectivity index (χ0) is 13.0. The summed E-state index contributed by atoms with van der Waals surface area (Å²) in [5.41, 5.74) is 0.404. The number of benzene rings is 1. The van der Waals surface area contributed by atoms with Gasteiger partial charge in [-0.1, -0.05) is 0 Å². The number of nitrogens with one attached hydrogen (secondary N) is 1. The molecule has 0 saturated heterocycles. The quantitative estimate of drug-likeness (QED) is 0.845.